The van der Waals surface area contributed by atoms with Gasteiger partial charge in [-0.05, 0) is 62.9 Å². The molecule has 1 fully saturated rings. The number of hydrogen-bond acceptors (Lipinski definition) is 3. The van der Waals surface area contributed by atoms with Crippen molar-refractivity contribution >= 4 is 10.2 Å². The van der Waals surface area contributed by atoms with Crippen molar-refractivity contribution in [1.82, 2.24) is 14.3 Å². The van der Waals surface area contributed by atoms with Gasteiger partial charge in [0.25, 0.3) is 10.2 Å². The third-order valence-corrected chi connectivity index (χ3v) is 6.10. The van der Waals surface area contributed by atoms with Gasteiger partial charge in [0, 0.05) is 19.6 Å². The summed E-state index contributed by atoms with van der Waals surface area (Å²) in [5.41, 5.74) is 0. The molecule has 1 unspecified atom stereocenters. The second kappa shape index (κ2) is 10.6. The maximum atomic E-state index is 12.6. The van der Waals surface area contributed by atoms with Crippen molar-refractivity contribution in [3.8, 4) is 0 Å². The number of piperidine rings is 1. The van der Waals surface area contributed by atoms with E-state index in [4.69, 9.17) is 0 Å². The van der Waals surface area contributed by atoms with Crippen LogP contribution in [-0.4, -0.2) is 45.4 Å². The highest BCUT2D eigenvalue weighted by Crippen LogP contribution is 2.14. The van der Waals surface area contributed by atoms with Gasteiger partial charge in [-0.25, -0.2) is 4.72 Å². The predicted octanol–water partition coefficient (Wildman–Crippen LogP) is 2.60. The minimum atomic E-state index is -3.35. The van der Waals surface area contributed by atoms with Crippen molar-refractivity contribution in [3.05, 3.63) is 0 Å². The topological polar surface area (TPSA) is 61.4 Å². The zero-order valence-electron chi connectivity index (χ0n) is 15.5. The van der Waals surface area contributed by atoms with Gasteiger partial charge in [-0.15, -0.1) is 0 Å². The summed E-state index contributed by atoms with van der Waals surface area (Å²) in [4.78, 5) is 0. The first-order chi connectivity index (χ1) is 10.8. The molecule has 1 aliphatic rings. The molecule has 1 atom stereocenters. The van der Waals surface area contributed by atoms with Crippen LogP contribution in [0.4, 0.5) is 0 Å². The molecule has 5 nitrogen and oxygen atoms in total. The van der Waals surface area contributed by atoms with Gasteiger partial charge in [0.2, 0.25) is 0 Å². The average Bonchev–Trinajstić information content (AvgIpc) is 2.47. The summed E-state index contributed by atoms with van der Waals surface area (Å²) in [6.07, 6.45) is 5.15. The summed E-state index contributed by atoms with van der Waals surface area (Å²) >= 11 is 0. The largest absolute Gasteiger partial charge is 0.316 e. The molecular weight excluding hydrogens is 310 g/mol. The first-order valence-electron chi connectivity index (χ1n) is 9.26. The van der Waals surface area contributed by atoms with Gasteiger partial charge in [0.1, 0.15) is 0 Å². The van der Waals surface area contributed by atoms with E-state index in [2.05, 4.69) is 37.7 Å². The fraction of sp³-hybridized carbons (Fsp3) is 1.00. The molecule has 0 aromatic heterocycles. The highest BCUT2D eigenvalue weighted by molar-refractivity contribution is 7.87. The molecule has 1 heterocycles. The van der Waals surface area contributed by atoms with E-state index in [9.17, 15) is 8.42 Å². The molecule has 1 saturated heterocycles. The van der Waals surface area contributed by atoms with Gasteiger partial charge in [-0.3, -0.25) is 0 Å². The lowest BCUT2D eigenvalue weighted by Gasteiger charge is -2.26. The Morgan fingerprint density at radius 2 is 1.74 bits per heavy atom. The van der Waals surface area contributed by atoms with Crippen LogP contribution in [0.15, 0.2) is 0 Å². The molecule has 0 aromatic carbocycles. The Hall–Kier alpha value is -0.170. The van der Waals surface area contributed by atoms with E-state index in [1.54, 1.807) is 4.31 Å². The number of nitrogens with zero attached hydrogens (tertiary/aromatic N) is 1. The van der Waals surface area contributed by atoms with Crippen molar-refractivity contribution in [2.45, 2.75) is 59.8 Å². The molecule has 0 bridgehead atoms. The van der Waals surface area contributed by atoms with E-state index in [1.165, 1.54) is 12.8 Å². The van der Waals surface area contributed by atoms with E-state index in [0.717, 1.165) is 32.4 Å². The molecule has 0 aliphatic carbocycles. The van der Waals surface area contributed by atoms with E-state index in [-0.39, 0.29) is 0 Å². The Morgan fingerprint density at radius 1 is 1.13 bits per heavy atom. The molecule has 0 aromatic rings. The lowest BCUT2D eigenvalue weighted by Crippen LogP contribution is -2.43. The highest BCUT2D eigenvalue weighted by atomic mass is 32.2. The lowest BCUT2D eigenvalue weighted by atomic mass is 9.96. The van der Waals surface area contributed by atoms with E-state index in [0.29, 0.717) is 37.4 Å². The maximum absolute atomic E-state index is 12.6. The normalized spacial score (nSPS) is 19.9. The molecule has 138 valence electrons. The van der Waals surface area contributed by atoms with Crippen LogP contribution in [0.2, 0.25) is 0 Å². The van der Waals surface area contributed by atoms with Crippen LogP contribution in [0, 0.1) is 17.8 Å². The van der Waals surface area contributed by atoms with Crippen LogP contribution in [0.3, 0.4) is 0 Å². The lowest BCUT2D eigenvalue weighted by molar-refractivity contribution is 0.342. The molecule has 23 heavy (non-hydrogen) atoms. The Morgan fingerprint density at radius 3 is 2.22 bits per heavy atom. The van der Waals surface area contributed by atoms with Crippen molar-refractivity contribution in [2.24, 2.45) is 17.8 Å². The fourth-order valence-electron chi connectivity index (χ4n) is 2.81. The monoisotopic (exact) mass is 347 g/mol. The van der Waals surface area contributed by atoms with Crippen LogP contribution in [0.1, 0.15) is 59.8 Å². The number of rotatable bonds is 11. The molecule has 2 N–H and O–H groups in total. The van der Waals surface area contributed by atoms with Crippen LogP contribution in [-0.2, 0) is 10.2 Å². The maximum Gasteiger partial charge on any atom is 0.279 e. The quantitative estimate of drug-likeness (QED) is 0.604. The van der Waals surface area contributed by atoms with Gasteiger partial charge >= 0.3 is 0 Å². The van der Waals surface area contributed by atoms with E-state index in [1.807, 2.05) is 0 Å². The van der Waals surface area contributed by atoms with Crippen molar-refractivity contribution in [3.63, 3.8) is 0 Å². The summed E-state index contributed by atoms with van der Waals surface area (Å²) in [7, 11) is -3.35. The summed E-state index contributed by atoms with van der Waals surface area (Å²) in [6, 6.07) is 0. The molecule has 0 saturated carbocycles. The molecule has 0 amide bonds. The first kappa shape index (κ1) is 20.9. The SMILES string of the molecule is CC(C)CCN(CCC(C)C)S(=O)(=O)NCCC1CCCNC1. The Bertz CT molecular complexity index is 392. The predicted molar refractivity (Wildman–Crippen MR) is 97.6 cm³/mol. The summed E-state index contributed by atoms with van der Waals surface area (Å²) in [5, 5.41) is 3.38. The Balaban J connectivity index is 2.47. The van der Waals surface area contributed by atoms with Crippen LogP contribution in [0.25, 0.3) is 0 Å². The Labute approximate surface area is 143 Å². The summed E-state index contributed by atoms with van der Waals surface area (Å²) < 4.78 is 29.7. The van der Waals surface area contributed by atoms with Crippen molar-refractivity contribution in [1.29, 1.82) is 0 Å². The average molecular weight is 348 g/mol. The van der Waals surface area contributed by atoms with Gasteiger partial charge < -0.3 is 5.32 Å². The van der Waals surface area contributed by atoms with E-state index >= 15 is 0 Å². The molecule has 0 spiro atoms. The molecule has 1 rings (SSSR count). The zero-order valence-corrected chi connectivity index (χ0v) is 16.3. The summed E-state index contributed by atoms with van der Waals surface area (Å²) in [6.45, 7) is 12.4. The van der Waals surface area contributed by atoms with Crippen molar-refractivity contribution in [2.75, 3.05) is 32.7 Å². The number of hydrogen-bond donors (Lipinski definition) is 2. The standard InChI is InChI=1S/C17H37N3O2S/c1-15(2)8-12-20(13-9-16(3)4)23(21,22)19-11-7-17-6-5-10-18-14-17/h15-19H,5-14H2,1-4H3. The first-order valence-corrected chi connectivity index (χ1v) is 10.7. The van der Waals surface area contributed by atoms with Crippen LogP contribution < -0.4 is 10.0 Å². The van der Waals surface area contributed by atoms with E-state index < -0.39 is 10.2 Å². The fourth-order valence-corrected chi connectivity index (χ4v) is 4.06. The third kappa shape index (κ3) is 9.03. The van der Waals surface area contributed by atoms with Gasteiger partial charge in [0.15, 0.2) is 0 Å². The molecular formula is C17H37N3O2S. The number of nitrogens with one attached hydrogen (secondary N) is 2. The second-order valence-corrected chi connectivity index (χ2v) is 9.42. The Kier molecular flexibility index (Phi) is 9.66. The van der Waals surface area contributed by atoms with Gasteiger partial charge in [-0.1, -0.05) is 27.7 Å². The highest BCUT2D eigenvalue weighted by Gasteiger charge is 2.22. The van der Waals surface area contributed by atoms with Crippen LogP contribution in [0.5, 0.6) is 0 Å². The minimum Gasteiger partial charge on any atom is -0.316 e. The smallest absolute Gasteiger partial charge is 0.279 e. The zero-order chi connectivity index (χ0) is 17.3. The second-order valence-electron chi connectivity index (χ2n) is 7.66. The molecule has 1 aliphatic heterocycles. The van der Waals surface area contributed by atoms with Gasteiger partial charge in [0.05, 0.1) is 0 Å². The minimum absolute atomic E-state index is 0.514. The van der Waals surface area contributed by atoms with Crippen molar-refractivity contribution < 1.29 is 8.42 Å². The molecule has 6 heteroatoms. The third-order valence-electron chi connectivity index (χ3n) is 4.49. The molecule has 0 radical (unpaired) electrons. The van der Waals surface area contributed by atoms with Gasteiger partial charge in [-0.2, -0.15) is 12.7 Å². The van der Waals surface area contributed by atoms with Crippen LogP contribution >= 0.6 is 0 Å². The summed E-state index contributed by atoms with van der Waals surface area (Å²) in [5.74, 6) is 1.63.